The molecule has 0 aliphatic heterocycles. The molecule has 0 aliphatic carbocycles. The normalized spacial score (nSPS) is 10.4. The van der Waals surface area contributed by atoms with E-state index in [0.29, 0.717) is 0 Å². The molecule has 1 nitrogen and oxygen atoms in total. The van der Waals surface area contributed by atoms with Crippen molar-refractivity contribution >= 4 is 44.9 Å². The van der Waals surface area contributed by atoms with Gasteiger partial charge in [0.05, 0.1) is 20.1 Å². The average molecular weight is 348 g/mol. The third-order valence-corrected chi connectivity index (χ3v) is 3.82. The van der Waals surface area contributed by atoms with Crippen LogP contribution in [0.5, 0.6) is 0 Å². The predicted molar refractivity (Wildman–Crippen MR) is 74.0 cm³/mol. The van der Waals surface area contributed by atoms with E-state index in [-0.39, 0.29) is 25.6 Å². The molecule has 0 radical (unpaired) electrons. The van der Waals surface area contributed by atoms with Crippen LogP contribution in [-0.4, -0.2) is 5.78 Å². The summed E-state index contributed by atoms with van der Waals surface area (Å²) in [6.07, 6.45) is 0. The Morgan fingerprint density at radius 2 is 1.67 bits per heavy atom. The third-order valence-electron chi connectivity index (χ3n) is 2.39. The molecule has 0 amide bonds. The Hall–Kier alpha value is -0.900. The van der Waals surface area contributed by atoms with E-state index in [0.717, 1.165) is 0 Å². The van der Waals surface area contributed by atoms with Crippen molar-refractivity contribution in [3.05, 3.63) is 67.9 Å². The van der Waals surface area contributed by atoms with E-state index in [2.05, 4.69) is 15.9 Å². The maximum atomic E-state index is 13.8. The van der Waals surface area contributed by atoms with Crippen LogP contribution >= 0.6 is 39.1 Å². The lowest BCUT2D eigenvalue weighted by Gasteiger charge is -2.06. The molecular weight excluding hydrogens is 342 g/mol. The summed E-state index contributed by atoms with van der Waals surface area (Å²) < 4.78 is 14.1. The summed E-state index contributed by atoms with van der Waals surface area (Å²) in [5.41, 5.74) is 0.134. The number of carbonyl (C=O) groups excluding carboxylic acids is 1. The van der Waals surface area contributed by atoms with E-state index in [9.17, 15) is 9.18 Å². The lowest BCUT2D eigenvalue weighted by Crippen LogP contribution is -2.05. The zero-order valence-corrected chi connectivity index (χ0v) is 12.0. The lowest BCUT2D eigenvalue weighted by molar-refractivity contribution is 0.103. The molecule has 18 heavy (non-hydrogen) atoms. The summed E-state index contributed by atoms with van der Waals surface area (Å²) in [5, 5.41) is 0.390. The van der Waals surface area contributed by atoms with Gasteiger partial charge in [-0.1, -0.05) is 35.3 Å². The van der Waals surface area contributed by atoms with E-state index in [1.165, 1.54) is 18.2 Å². The number of hydrogen-bond donors (Lipinski definition) is 0. The molecule has 0 unspecified atom stereocenters. The minimum Gasteiger partial charge on any atom is -0.288 e. The Morgan fingerprint density at radius 1 is 1.06 bits per heavy atom. The van der Waals surface area contributed by atoms with Crippen LogP contribution in [-0.2, 0) is 0 Å². The van der Waals surface area contributed by atoms with Crippen molar-refractivity contribution in [3.8, 4) is 0 Å². The summed E-state index contributed by atoms with van der Waals surface area (Å²) in [4.78, 5) is 12.2. The van der Waals surface area contributed by atoms with Gasteiger partial charge in [-0.3, -0.25) is 4.79 Å². The average Bonchev–Trinajstić information content (AvgIpc) is 2.35. The fourth-order valence-corrected chi connectivity index (χ4v) is 2.26. The number of benzene rings is 2. The zero-order valence-electron chi connectivity index (χ0n) is 8.88. The lowest BCUT2D eigenvalue weighted by atomic mass is 10.0. The quantitative estimate of drug-likeness (QED) is 0.688. The van der Waals surface area contributed by atoms with Crippen molar-refractivity contribution in [2.45, 2.75) is 0 Å². The second kappa shape index (κ2) is 5.39. The highest BCUT2D eigenvalue weighted by molar-refractivity contribution is 9.10. The molecule has 0 fully saturated rings. The molecule has 0 aromatic heterocycles. The van der Waals surface area contributed by atoms with Crippen molar-refractivity contribution in [2.24, 2.45) is 0 Å². The Bertz CT molecular complexity index is 575. The maximum Gasteiger partial charge on any atom is 0.197 e. The van der Waals surface area contributed by atoms with Crippen LogP contribution in [0.4, 0.5) is 4.39 Å². The minimum atomic E-state index is -0.612. The van der Waals surface area contributed by atoms with Crippen LogP contribution in [0.3, 0.4) is 0 Å². The first-order valence-corrected chi connectivity index (χ1v) is 6.50. The summed E-state index contributed by atoms with van der Waals surface area (Å²) in [7, 11) is 0. The topological polar surface area (TPSA) is 17.1 Å². The SMILES string of the molecule is O=C(c1cccc(Br)c1F)c1cccc(Cl)c1Cl. The van der Waals surface area contributed by atoms with Gasteiger partial charge in [0, 0.05) is 5.56 Å². The van der Waals surface area contributed by atoms with Crippen LogP contribution in [0, 0.1) is 5.82 Å². The Morgan fingerprint density at radius 3 is 2.39 bits per heavy atom. The van der Waals surface area contributed by atoms with Crippen molar-refractivity contribution < 1.29 is 9.18 Å². The van der Waals surface area contributed by atoms with Gasteiger partial charge in [-0.25, -0.2) is 4.39 Å². The van der Waals surface area contributed by atoms with E-state index in [4.69, 9.17) is 23.2 Å². The number of ketones is 1. The van der Waals surface area contributed by atoms with E-state index in [1.54, 1.807) is 18.2 Å². The summed E-state index contributed by atoms with van der Waals surface area (Å²) in [5.74, 6) is -1.11. The summed E-state index contributed by atoms with van der Waals surface area (Å²) in [6, 6.07) is 9.18. The van der Waals surface area contributed by atoms with Gasteiger partial charge in [-0.15, -0.1) is 0 Å². The summed E-state index contributed by atoms with van der Waals surface area (Å²) >= 11 is 14.8. The fourth-order valence-electron chi connectivity index (χ4n) is 1.50. The molecule has 2 rings (SSSR count). The minimum absolute atomic E-state index is 0.0476. The van der Waals surface area contributed by atoms with Crippen molar-refractivity contribution in [2.75, 3.05) is 0 Å². The van der Waals surface area contributed by atoms with Crippen LogP contribution in [0.1, 0.15) is 15.9 Å². The molecule has 0 bridgehead atoms. The van der Waals surface area contributed by atoms with E-state index < -0.39 is 11.6 Å². The fraction of sp³-hybridized carbons (Fsp3) is 0. The molecule has 0 atom stereocenters. The van der Waals surface area contributed by atoms with Crippen LogP contribution in [0.2, 0.25) is 10.0 Å². The Kier molecular flexibility index (Phi) is 4.05. The first-order chi connectivity index (χ1) is 8.52. The van der Waals surface area contributed by atoms with Gasteiger partial charge < -0.3 is 0 Å². The van der Waals surface area contributed by atoms with E-state index >= 15 is 0 Å². The molecular formula is C13H6BrCl2FO. The van der Waals surface area contributed by atoms with Gasteiger partial charge >= 0.3 is 0 Å². The monoisotopic (exact) mass is 346 g/mol. The third kappa shape index (κ3) is 2.44. The molecule has 0 N–H and O–H groups in total. The Balaban J connectivity index is 2.55. The van der Waals surface area contributed by atoms with Crippen molar-refractivity contribution in [1.82, 2.24) is 0 Å². The first-order valence-electron chi connectivity index (χ1n) is 4.95. The van der Waals surface area contributed by atoms with Gasteiger partial charge in [0.2, 0.25) is 0 Å². The molecule has 0 saturated carbocycles. The zero-order chi connectivity index (χ0) is 13.3. The Labute approximate surface area is 122 Å². The van der Waals surface area contributed by atoms with Gasteiger partial charge in [0.1, 0.15) is 5.82 Å². The van der Waals surface area contributed by atoms with Crippen molar-refractivity contribution in [3.63, 3.8) is 0 Å². The second-order valence-corrected chi connectivity index (χ2v) is 5.17. The van der Waals surface area contributed by atoms with Crippen LogP contribution in [0.25, 0.3) is 0 Å². The van der Waals surface area contributed by atoms with Gasteiger partial charge in [0.15, 0.2) is 5.78 Å². The molecule has 5 heteroatoms. The molecule has 92 valence electrons. The highest BCUT2D eigenvalue weighted by Gasteiger charge is 2.19. The predicted octanol–water partition coefficient (Wildman–Crippen LogP) is 5.13. The highest BCUT2D eigenvalue weighted by Crippen LogP contribution is 2.29. The molecule has 2 aromatic rings. The van der Waals surface area contributed by atoms with Crippen LogP contribution in [0.15, 0.2) is 40.9 Å². The number of carbonyl (C=O) groups is 1. The van der Waals surface area contributed by atoms with Gasteiger partial charge in [-0.05, 0) is 40.2 Å². The highest BCUT2D eigenvalue weighted by atomic mass is 79.9. The summed E-state index contributed by atoms with van der Waals surface area (Å²) in [6.45, 7) is 0. The smallest absolute Gasteiger partial charge is 0.197 e. The molecule has 0 spiro atoms. The molecule has 0 aliphatic rings. The van der Waals surface area contributed by atoms with Crippen LogP contribution < -0.4 is 0 Å². The standard InChI is InChI=1S/C13H6BrCl2FO/c14-9-5-1-4-8(12(9)17)13(18)7-3-2-6-10(15)11(7)16/h1-6H. The molecule has 2 aromatic carbocycles. The van der Waals surface area contributed by atoms with Crippen molar-refractivity contribution in [1.29, 1.82) is 0 Å². The maximum absolute atomic E-state index is 13.8. The molecule has 0 saturated heterocycles. The largest absolute Gasteiger partial charge is 0.288 e. The number of rotatable bonds is 2. The van der Waals surface area contributed by atoms with Gasteiger partial charge in [0.25, 0.3) is 0 Å². The number of hydrogen-bond acceptors (Lipinski definition) is 1. The first kappa shape index (κ1) is 13.5. The van der Waals surface area contributed by atoms with E-state index in [1.807, 2.05) is 0 Å². The number of halogens is 4. The van der Waals surface area contributed by atoms with Gasteiger partial charge in [-0.2, -0.15) is 0 Å². The molecule has 0 heterocycles. The second-order valence-electron chi connectivity index (χ2n) is 3.53.